The highest BCUT2D eigenvalue weighted by atomic mass is 19.1. The standard InChI is InChI=1S/C14H18FN3O2/c15-10-6-9(7-11(16)8-10)14(20)17-5-1-2-13(19)18-12-3-4-12/h6-8,12H,1-5,16H2,(H,17,20)(H,18,19). The van der Waals surface area contributed by atoms with Gasteiger partial charge < -0.3 is 16.4 Å². The number of nitrogens with two attached hydrogens (primary N) is 1. The number of nitrogens with one attached hydrogen (secondary N) is 2. The van der Waals surface area contributed by atoms with Crippen LogP contribution < -0.4 is 16.4 Å². The summed E-state index contributed by atoms with van der Waals surface area (Å²) in [7, 11) is 0. The molecule has 1 saturated carbocycles. The second-order valence-electron chi connectivity index (χ2n) is 4.97. The zero-order chi connectivity index (χ0) is 14.5. The highest BCUT2D eigenvalue weighted by Gasteiger charge is 2.22. The summed E-state index contributed by atoms with van der Waals surface area (Å²) < 4.78 is 13.1. The second kappa shape index (κ2) is 6.36. The minimum atomic E-state index is -0.543. The third-order valence-electron chi connectivity index (χ3n) is 2.99. The predicted molar refractivity (Wildman–Crippen MR) is 73.5 cm³/mol. The molecular weight excluding hydrogens is 261 g/mol. The topological polar surface area (TPSA) is 84.2 Å². The number of amides is 2. The molecule has 1 aromatic carbocycles. The highest BCUT2D eigenvalue weighted by Crippen LogP contribution is 2.18. The molecule has 0 spiro atoms. The first-order valence-electron chi connectivity index (χ1n) is 6.68. The summed E-state index contributed by atoms with van der Waals surface area (Å²) in [6.07, 6.45) is 3.05. The van der Waals surface area contributed by atoms with E-state index in [4.69, 9.17) is 5.73 Å². The van der Waals surface area contributed by atoms with E-state index in [0.717, 1.165) is 25.0 Å². The van der Waals surface area contributed by atoms with Gasteiger partial charge in [-0.1, -0.05) is 0 Å². The lowest BCUT2D eigenvalue weighted by Gasteiger charge is -2.06. The number of halogens is 1. The fraction of sp³-hybridized carbons (Fsp3) is 0.429. The Morgan fingerprint density at radius 2 is 2.05 bits per heavy atom. The number of rotatable bonds is 6. The maximum absolute atomic E-state index is 13.1. The summed E-state index contributed by atoms with van der Waals surface area (Å²) in [6, 6.07) is 4.05. The summed E-state index contributed by atoms with van der Waals surface area (Å²) in [6.45, 7) is 0.368. The van der Waals surface area contributed by atoms with Gasteiger partial charge in [-0.25, -0.2) is 4.39 Å². The lowest BCUT2D eigenvalue weighted by molar-refractivity contribution is -0.121. The summed E-state index contributed by atoms with van der Waals surface area (Å²) in [4.78, 5) is 23.2. The van der Waals surface area contributed by atoms with E-state index in [2.05, 4.69) is 10.6 Å². The molecule has 0 heterocycles. The van der Waals surface area contributed by atoms with Gasteiger partial charge in [-0.15, -0.1) is 0 Å². The lowest BCUT2D eigenvalue weighted by atomic mass is 10.2. The Kier molecular flexibility index (Phi) is 4.55. The van der Waals surface area contributed by atoms with Crippen molar-refractivity contribution in [2.75, 3.05) is 12.3 Å². The van der Waals surface area contributed by atoms with Gasteiger partial charge in [0.1, 0.15) is 5.82 Å². The van der Waals surface area contributed by atoms with Gasteiger partial charge in [0.25, 0.3) is 5.91 Å². The maximum Gasteiger partial charge on any atom is 0.251 e. The van der Waals surface area contributed by atoms with E-state index in [1.807, 2.05) is 0 Å². The van der Waals surface area contributed by atoms with Crippen LogP contribution in [0.4, 0.5) is 10.1 Å². The van der Waals surface area contributed by atoms with Crippen LogP contribution in [0.2, 0.25) is 0 Å². The van der Waals surface area contributed by atoms with E-state index in [0.29, 0.717) is 25.4 Å². The van der Waals surface area contributed by atoms with Crippen LogP contribution in [0.5, 0.6) is 0 Å². The van der Waals surface area contributed by atoms with Gasteiger partial charge in [0.15, 0.2) is 0 Å². The number of nitrogen functional groups attached to an aromatic ring is 1. The zero-order valence-corrected chi connectivity index (χ0v) is 11.1. The number of hydrogen-bond donors (Lipinski definition) is 3. The maximum atomic E-state index is 13.1. The SMILES string of the molecule is Nc1cc(F)cc(C(=O)NCCCC(=O)NC2CC2)c1. The Balaban J connectivity index is 1.70. The Morgan fingerprint density at radius 1 is 1.30 bits per heavy atom. The fourth-order valence-electron chi connectivity index (χ4n) is 1.82. The summed E-state index contributed by atoms with van der Waals surface area (Å²) in [5.74, 6) is -0.922. The van der Waals surface area contributed by atoms with E-state index >= 15 is 0 Å². The molecule has 0 unspecified atom stereocenters. The first-order valence-corrected chi connectivity index (χ1v) is 6.68. The van der Waals surface area contributed by atoms with Crippen molar-refractivity contribution in [3.8, 4) is 0 Å². The van der Waals surface area contributed by atoms with Gasteiger partial charge >= 0.3 is 0 Å². The van der Waals surface area contributed by atoms with Gasteiger partial charge in [-0.2, -0.15) is 0 Å². The number of carbonyl (C=O) groups is 2. The smallest absolute Gasteiger partial charge is 0.251 e. The molecular formula is C14H18FN3O2. The summed E-state index contributed by atoms with van der Waals surface area (Å²) in [5, 5.41) is 5.51. The molecule has 1 aliphatic carbocycles. The van der Waals surface area contributed by atoms with Gasteiger partial charge in [-0.3, -0.25) is 9.59 Å². The molecule has 2 amide bonds. The van der Waals surface area contributed by atoms with Gasteiger partial charge in [-0.05, 0) is 37.5 Å². The molecule has 108 valence electrons. The molecule has 0 aliphatic heterocycles. The van der Waals surface area contributed by atoms with E-state index < -0.39 is 5.82 Å². The average molecular weight is 279 g/mol. The zero-order valence-electron chi connectivity index (χ0n) is 11.1. The van der Waals surface area contributed by atoms with Crippen LogP contribution in [0.25, 0.3) is 0 Å². The average Bonchev–Trinajstić information content (AvgIpc) is 3.17. The quantitative estimate of drug-likeness (QED) is 0.540. The Hall–Kier alpha value is -2.11. The molecule has 0 radical (unpaired) electrons. The van der Waals surface area contributed by atoms with E-state index in [1.165, 1.54) is 6.07 Å². The molecule has 1 aromatic rings. The Bertz CT molecular complexity index is 495. The van der Waals surface area contributed by atoms with Gasteiger partial charge in [0.05, 0.1) is 0 Å². The molecule has 20 heavy (non-hydrogen) atoms. The van der Waals surface area contributed by atoms with Crippen molar-refractivity contribution < 1.29 is 14.0 Å². The number of carbonyl (C=O) groups excluding carboxylic acids is 2. The molecule has 1 fully saturated rings. The van der Waals surface area contributed by atoms with Crippen molar-refractivity contribution in [2.24, 2.45) is 0 Å². The third-order valence-corrected chi connectivity index (χ3v) is 2.99. The van der Waals surface area contributed by atoms with E-state index in [-0.39, 0.29) is 23.1 Å². The molecule has 4 N–H and O–H groups in total. The van der Waals surface area contributed by atoms with Gasteiger partial charge in [0, 0.05) is 30.3 Å². The van der Waals surface area contributed by atoms with Crippen LogP contribution in [0.1, 0.15) is 36.0 Å². The first-order chi connectivity index (χ1) is 9.54. The van der Waals surface area contributed by atoms with E-state index in [9.17, 15) is 14.0 Å². The van der Waals surface area contributed by atoms with Crippen molar-refractivity contribution in [1.29, 1.82) is 0 Å². The normalized spacial score (nSPS) is 13.8. The number of hydrogen-bond acceptors (Lipinski definition) is 3. The summed E-state index contributed by atoms with van der Waals surface area (Å²) in [5.41, 5.74) is 5.86. The molecule has 5 nitrogen and oxygen atoms in total. The minimum Gasteiger partial charge on any atom is -0.399 e. The molecule has 6 heteroatoms. The van der Waals surface area contributed by atoms with E-state index in [1.54, 1.807) is 0 Å². The van der Waals surface area contributed by atoms with Gasteiger partial charge in [0.2, 0.25) is 5.91 Å². The molecule has 0 atom stereocenters. The van der Waals surface area contributed by atoms with Crippen molar-refractivity contribution in [3.63, 3.8) is 0 Å². The largest absolute Gasteiger partial charge is 0.399 e. The number of benzene rings is 1. The molecule has 0 bridgehead atoms. The lowest BCUT2D eigenvalue weighted by Crippen LogP contribution is -2.28. The molecule has 0 aromatic heterocycles. The van der Waals surface area contributed by atoms with Crippen LogP contribution in [-0.4, -0.2) is 24.4 Å². The van der Waals surface area contributed by atoms with Crippen LogP contribution in [0.15, 0.2) is 18.2 Å². The first kappa shape index (κ1) is 14.3. The van der Waals surface area contributed by atoms with Crippen LogP contribution in [-0.2, 0) is 4.79 Å². The van der Waals surface area contributed by atoms with Crippen LogP contribution in [0.3, 0.4) is 0 Å². The summed E-state index contributed by atoms with van der Waals surface area (Å²) >= 11 is 0. The molecule has 0 saturated heterocycles. The second-order valence-corrected chi connectivity index (χ2v) is 4.97. The Labute approximate surface area is 116 Å². The van der Waals surface area contributed by atoms with Crippen molar-refractivity contribution in [3.05, 3.63) is 29.6 Å². The van der Waals surface area contributed by atoms with Crippen LogP contribution >= 0.6 is 0 Å². The monoisotopic (exact) mass is 279 g/mol. The predicted octanol–water partition coefficient (Wildman–Crippen LogP) is 1.20. The van der Waals surface area contributed by atoms with Crippen molar-refractivity contribution in [1.82, 2.24) is 10.6 Å². The number of anilines is 1. The van der Waals surface area contributed by atoms with Crippen molar-refractivity contribution in [2.45, 2.75) is 31.7 Å². The fourth-order valence-corrected chi connectivity index (χ4v) is 1.82. The van der Waals surface area contributed by atoms with Crippen LogP contribution in [0, 0.1) is 5.82 Å². The van der Waals surface area contributed by atoms with Crippen molar-refractivity contribution >= 4 is 17.5 Å². The third kappa shape index (κ3) is 4.53. The molecule has 2 rings (SSSR count). The Morgan fingerprint density at radius 3 is 2.70 bits per heavy atom. The molecule has 1 aliphatic rings. The minimum absolute atomic E-state index is 0.0109. The highest BCUT2D eigenvalue weighted by molar-refractivity contribution is 5.95.